The molecule has 0 bridgehead atoms. The number of carbonyl (C=O) groups excluding carboxylic acids is 1. The van der Waals surface area contributed by atoms with Crippen LogP contribution in [0.1, 0.15) is 23.7 Å². The van der Waals surface area contributed by atoms with Crippen molar-refractivity contribution in [1.29, 1.82) is 0 Å². The fraction of sp³-hybridized carbons (Fsp3) is 0.158. The number of ether oxygens (including phenoxy) is 1. The topological polar surface area (TPSA) is 39.2 Å². The summed E-state index contributed by atoms with van der Waals surface area (Å²) in [6.45, 7) is 2.66. The van der Waals surface area contributed by atoms with Crippen molar-refractivity contribution in [2.75, 3.05) is 6.61 Å². The molecule has 0 aliphatic rings. The number of aromatic nitrogens is 1. The Balaban J connectivity index is 2.21. The summed E-state index contributed by atoms with van der Waals surface area (Å²) in [6.07, 6.45) is 0.906. The van der Waals surface area contributed by atoms with E-state index in [0.717, 1.165) is 17.7 Å². The fourth-order valence-corrected chi connectivity index (χ4v) is 2.84. The predicted octanol–water partition coefficient (Wildman–Crippen LogP) is 5.72. The first-order valence-corrected chi connectivity index (χ1v) is 8.38. The van der Waals surface area contributed by atoms with Gasteiger partial charge in [0.25, 0.3) is 5.24 Å². The van der Waals surface area contributed by atoms with Crippen LogP contribution in [0.4, 0.5) is 0 Å². The molecule has 0 atom stereocenters. The number of para-hydroxylation sites is 1. The van der Waals surface area contributed by atoms with Gasteiger partial charge in [0.15, 0.2) is 0 Å². The highest BCUT2D eigenvalue weighted by Gasteiger charge is 2.15. The molecule has 0 aliphatic heterocycles. The molecule has 1 aromatic heterocycles. The van der Waals surface area contributed by atoms with Gasteiger partial charge in [-0.25, -0.2) is 4.98 Å². The Morgan fingerprint density at radius 3 is 2.71 bits per heavy atom. The molecule has 0 amide bonds. The standard InChI is InChI=1S/C19H15Cl2NO2/c1-2-9-24-18-6-4-3-5-13(18)17-11-15(19(21)23)14-10-12(20)7-8-16(14)22-17/h3-8,10-11H,2,9H2,1H3. The van der Waals surface area contributed by atoms with Gasteiger partial charge in [0.1, 0.15) is 5.75 Å². The first-order valence-electron chi connectivity index (χ1n) is 7.62. The maximum Gasteiger partial charge on any atom is 0.253 e. The summed E-state index contributed by atoms with van der Waals surface area (Å²) in [5.74, 6) is 0.730. The highest BCUT2D eigenvalue weighted by atomic mass is 35.5. The van der Waals surface area contributed by atoms with E-state index in [-0.39, 0.29) is 0 Å². The Labute approximate surface area is 150 Å². The Morgan fingerprint density at radius 2 is 1.96 bits per heavy atom. The van der Waals surface area contributed by atoms with Gasteiger partial charge in [-0.2, -0.15) is 0 Å². The normalized spacial score (nSPS) is 10.8. The lowest BCUT2D eigenvalue weighted by Crippen LogP contribution is -1.99. The van der Waals surface area contributed by atoms with Gasteiger partial charge in [0.2, 0.25) is 0 Å². The molecule has 24 heavy (non-hydrogen) atoms. The van der Waals surface area contributed by atoms with Crippen molar-refractivity contribution in [3.63, 3.8) is 0 Å². The summed E-state index contributed by atoms with van der Waals surface area (Å²) in [7, 11) is 0. The minimum Gasteiger partial charge on any atom is -0.493 e. The number of carbonyl (C=O) groups is 1. The van der Waals surface area contributed by atoms with E-state index < -0.39 is 5.24 Å². The summed E-state index contributed by atoms with van der Waals surface area (Å²) in [4.78, 5) is 16.5. The van der Waals surface area contributed by atoms with Crippen LogP contribution in [0, 0.1) is 0 Å². The van der Waals surface area contributed by atoms with Crippen LogP contribution in [0.25, 0.3) is 22.2 Å². The molecule has 0 unspecified atom stereocenters. The van der Waals surface area contributed by atoms with Crippen LogP contribution in [0.15, 0.2) is 48.5 Å². The lowest BCUT2D eigenvalue weighted by molar-refractivity contribution is 0.108. The van der Waals surface area contributed by atoms with Crippen molar-refractivity contribution in [3.8, 4) is 17.0 Å². The van der Waals surface area contributed by atoms with Crippen molar-refractivity contribution in [1.82, 2.24) is 4.98 Å². The summed E-state index contributed by atoms with van der Waals surface area (Å²) >= 11 is 11.8. The van der Waals surface area contributed by atoms with Gasteiger partial charge in [0.05, 0.1) is 17.8 Å². The molecule has 3 nitrogen and oxygen atoms in total. The average molecular weight is 360 g/mol. The van der Waals surface area contributed by atoms with Crippen LogP contribution in [0.5, 0.6) is 5.75 Å². The number of hydrogen-bond donors (Lipinski definition) is 0. The molecule has 0 saturated carbocycles. The van der Waals surface area contributed by atoms with Crippen LogP contribution in [0.2, 0.25) is 5.02 Å². The van der Waals surface area contributed by atoms with E-state index in [1.165, 1.54) is 0 Å². The van der Waals surface area contributed by atoms with Gasteiger partial charge < -0.3 is 4.74 Å². The summed E-state index contributed by atoms with van der Waals surface area (Å²) in [5.41, 5.74) is 2.50. The van der Waals surface area contributed by atoms with E-state index in [0.29, 0.717) is 33.8 Å². The summed E-state index contributed by atoms with van der Waals surface area (Å²) < 4.78 is 5.79. The second-order valence-electron chi connectivity index (χ2n) is 5.33. The SMILES string of the molecule is CCCOc1ccccc1-c1cc(C(=O)Cl)c2cc(Cl)ccc2n1. The van der Waals surface area contributed by atoms with E-state index in [2.05, 4.69) is 4.98 Å². The average Bonchev–Trinajstić information content (AvgIpc) is 2.59. The molecule has 3 aromatic rings. The van der Waals surface area contributed by atoms with Crippen molar-refractivity contribution in [2.24, 2.45) is 0 Å². The number of halogens is 2. The summed E-state index contributed by atoms with van der Waals surface area (Å²) in [5, 5.41) is 0.624. The molecule has 0 N–H and O–H groups in total. The molecular weight excluding hydrogens is 345 g/mol. The largest absolute Gasteiger partial charge is 0.493 e. The highest BCUT2D eigenvalue weighted by Crippen LogP contribution is 2.32. The summed E-state index contributed by atoms with van der Waals surface area (Å²) in [6, 6.07) is 14.5. The smallest absolute Gasteiger partial charge is 0.253 e. The third-order valence-corrected chi connectivity index (χ3v) is 4.05. The fourth-order valence-electron chi connectivity index (χ4n) is 2.51. The zero-order valence-electron chi connectivity index (χ0n) is 13.1. The van der Waals surface area contributed by atoms with Gasteiger partial charge in [0, 0.05) is 21.5 Å². The van der Waals surface area contributed by atoms with E-state index in [1.54, 1.807) is 24.3 Å². The number of hydrogen-bond acceptors (Lipinski definition) is 3. The molecule has 0 spiro atoms. The molecule has 0 radical (unpaired) electrons. The van der Waals surface area contributed by atoms with E-state index in [1.807, 2.05) is 31.2 Å². The van der Waals surface area contributed by atoms with Crippen molar-refractivity contribution < 1.29 is 9.53 Å². The molecule has 5 heteroatoms. The van der Waals surface area contributed by atoms with Crippen molar-refractivity contribution >= 4 is 39.3 Å². The van der Waals surface area contributed by atoms with Gasteiger partial charge >= 0.3 is 0 Å². The maximum absolute atomic E-state index is 11.9. The molecule has 1 heterocycles. The Bertz CT molecular complexity index is 909. The van der Waals surface area contributed by atoms with Gasteiger partial charge in [-0.05, 0) is 54.4 Å². The van der Waals surface area contributed by atoms with Crippen LogP contribution in [-0.2, 0) is 0 Å². The van der Waals surface area contributed by atoms with E-state index in [9.17, 15) is 4.79 Å². The van der Waals surface area contributed by atoms with Crippen LogP contribution < -0.4 is 4.74 Å². The molecule has 0 saturated heterocycles. The zero-order chi connectivity index (χ0) is 17.1. The van der Waals surface area contributed by atoms with Crippen molar-refractivity contribution in [3.05, 3.63) is 59.1 Å². The predicted molar refractivity (Wildman–Crippen MR) is 98.2 cm³/mol. The second kappa shape index (κ2) is 7.20. The monoisotopic (exact) mass is 359 g/mol. The number of rotatable bonds is 5. The lowest BCUT2D eigenvalue weighted by atomic mass is 10.0. The number of nitrogens with zero attached hydrogens (tertiary/aromatic N) is 1. The zero-order valence-corrected chi connectivity index (χ0v) is 14.6. The molecule has 122 valence electrons. The van der Waals surface area contributed by atoms with Crippen molar-refractivity contribution in [2.45, 2.75) is 13.3 Å². The van der Waals surface area contributed by atoms with Gasteiger partial charge in [-0.1, -0.05) is 30.7 Å². The molecule has 0 aliphatic carbocycles. The third kappa shape index (κ3) is 3.37. The van der Waals surface area contributed by atoms with Gasteiger partial charge in [-0.3, -0.25) is 4.79 Å². The van der Waals surface area contributed by atoms with Crippen LogP contribution in [-0.4, -0.2) is 16.8 Å². The minimum absolute atomic E-state index is 0.379. The molecular formula is C19H15Cl2NO2. The lowest BCUT2D eigenvalue weighted by Gasteiger charge is -2.12. The Morgan fingerprint density at radius 1 is 1.17 bits per heavy atom. The molecule has 0 fully saturated rings. The van der Waals surface area contributed by atoms with E-state index >= 15 is 0 Å². The highest BCUT2D eigenvalue weighted by molar-refractivity contribution is 6.68. The van der Waals surface area contributed by atoms with E-state index in [4.69, 9.17) is 27.9 Å². The minimum atomic E-state index is -0.544. The van der Waals surface area contributed by atoms with Crippen LogP contribution >= 0.6 is 23.2 Å². The molecule has 3 rings (SSSR count). The number of fused-ring (bicyclic) bond motifs is 1. The maximum atomic E-state index is 11.9. The quantitative estimate of drug-likeness (QED) is 0.546. The van der Waals surface area contributed by atoms with Crippen LogP contribution in [0.3, 0.4) is 0 Å². The first-order chi connectivity index (χ1) is 11.6. The Hall–Kier alpha value is -2.10. The van der Waals surface area contributed by atoms with Gasteiger partial charge in [-0.15, -0.1) is 0 Å². The number of benzene rings is 2. The number of pyridine rings is 1. The second-order valence-corrected chi connectivity index (χ2v) is 6.11. The third-order valence-electron chi connectivity index (χ3n) is 3.61. The Kier molecular flexibility index (Phi) is 5.03. The molecule has 2 aromatic carbocycles. The first kappa shape index (κ1) is 16.7.